The van der Waals surface area contributed by atoms with Crippen molar-refractivity contribution in [3.63, 3.8) is 0 Å². The van der Waals surface area contributed by atoms with E-state index in [0.717, 1.165) is 0 Å². The van der Waals surface area contributed by atoms with Crippen molar-refractivity contribution in [2.75, 3.05) is 5.32 Å². The zero-order chi connectivity index (χ0) is 16.9. The highest BCUT2D eigenvalue weighted by Crippen LogP contribution is 2.16. The van der Waals surface area contributed by atoms with Crippen LogP contribution in [0.25, 0.3) is 5.82 Å². The smallest absolute Gasteiger partial charge is 0.261 e. The molecule has 3 aromatic rings. The van der Waals surface area contributed by atoms with Gasteiger partial charge in [0.2, 0.25) is 5.91 Å². The number of hydrogen-bond donors (Lipinski definition) is 2. The number of hydrogen-bond acceptors (Lipinski definition) is 5. The Bertz CT molecular complexity index is 830. The van der Waals surface area contributed by atoms with Gasteiger partial charge in [0, 0.05) is 18.6 Å². The molecule has 0 saturated carbocycles. The van der Waals surface area contributed by atoms with Crippen molar-refractivity contribution < 1.29 is 9.59 Å². The lowest BCUT2D eigenvalue weighted by atomic mass is 10.2. The molecule has 122 valence electrons. The molecule has 1 atom stereocenters. The molecular weight excluding hydrogens is 326 g/mol. The van der Waals surface area contributed by atoms with Crippen LogP contribution in [0.4, 0.5) is 5.69 Å². The molecule has 2 N–H and O–H groups in total. The van der Waals surface area contributed by atoms with E-state index in [2.05, 4.69) is 20.7 Å². The molecule has 3 aromatic heterocycles. The second-order valence-electron chi connectivity index (χ2n) is 4.99. The number of pyridine rings is 1. The molecule has 0 aliphatic heterocycles. The zero-order valence-corrected chi connectivity index (χ0v) is 13.7. The number of anilines is 1. The van der Waals surface area contributed by atoms with Crippen LogP contribution in [-0.4, -0.2) is 32.6 Å². The molecular formula is C16H15N5O2S. The fourth-order valence-electron chi connectivity index (χ4n) is 2.05. The summed E-state index contributed by atoms with van der Waals surface area (Å²) in [5, 5.41) is 11.4. The third kappa shape index (κ3) is 3.49. The lowest BCUT2D eigenvalue weighted by Gasteiger charge is -2.15. The fraction of sp³-hybridized carbons (Fsp3) is 0.125. The fourth-order valence-corrected chi connectivity index (χ4v) is 2.68. The van der Waals surface area contributed by atoms with Crippen LogP contribution in [0.2, 0.25) is 0 Å². The van der Waals surface area contributed by atoms with E-state index in [-0.39, 0.29) is 11.8 Å². The average molecular weight is 341 g/mol. The Morgan fingerprint density at radius 2 is 2.08 bits per heavy atom. The van der Waals surface area contributed by atoms with Crippen molar-refractivity contribution in [1.29, 1.82) is 0 Å². The highest BCUT2D eigenvalue weighted by Gasteiger charge is 2.18. The van der Waals surface area contributed by atoms with Gasteiger partial charge in [-0.2, -0.15) is 5.10 Å². The van der Waals surface area contributed by atoms with Crippen LogP contribution in [0.15, 0.2) is 54.3 Å². The number of thiophene rings is 1. The Hall–Kier alpha value is -3.00. The summed E-state index contributed by atoms with van der Waals surface area (Å²) < 4.78 is 1.56. The van der Waals surface area contributed by atoms with Gasteiger partial charge in [0.05, 0.1) is 10.6 Å². The van der Waals surface area contributed by atoms with Crippen molar-refractivity contribution in [2.24, 2.45) is 0 Å². The van der Waals surface area contributed by atoms with E-state index in [1.807, 2.05) is 5.38 Å². The van der Waals surface area contributed by atoms with E-state index in [9.17, 15) is 9.59 Å². The zero-order valence-electron chi connectivity index (χ0n) is 12.8. The summed E-state index contributed by atoms with van der Waals surface area (Å²) in [6, 6.07) is 8.03. The highest BCUT2D eigenvalue weighted by molar-refractivity contribution is 7.12. The number of carbonyl (C=O) groups is 2. The molecule has 0 saturated heterocycles. The van der Waals surface area contributed by atoms with Gasteiger partial charge in [0.15, 0.2) is 5.82 Å². The van der Waals surface area contributed by atoms with E-state index in [1.165, 1.54) is 11.3 Å². The number of aromatic nitrogens is 3. The Morgan fingerprint density at radius 1 is 1.21 bits per heavy atom. The number of rotatable bonds is 5. The van der Waals surface area contributed by atoms with Crippen LogP contribution in [0, 0.1) is 0 Å². The Labute approximate surface area is 142 Å². The minimum Gasteiger partial charge on any atom is -0.340 e. The number of nitrogens with one attached hydrogen (secondary N) is 2. The lowest BCUT2D eigenvalue weighted by molar-refractivity contribution is -0.117. The van der Waals surface area contributed by atoms with Gasteiger partial charge in [0.1, 0.15) is 6.04 Å². The first-order valence-corrected chi connectivity index (χ1v) is 8.13. The normalized spacial score (nSPS) is 11.7. The van der Waals surface area contributed by atoms with E-state index in [4.69, 9.17) is 0 Å². The molecule has 3 rings (SSSR count). The van der Waals surface area contributed by atoms with Crippen molar-refractivity contribution in [1.82, 2.24) is 20.1 Å². The highest BCUT2D eigenvalue weighted by atomic mass is 32.1. The lowest BCUT2D eigenvalue weighted by Crippen LogP contribution is -2.41. The van der Waals surface area contributed by atoms with Gasteiger partial charge in [-0.05, 0) is 36.6 Å². The summed E-state index contributed by atoms with van der Waals surface area (Å²) in [5.74, 6) is -0.0971. The van der Waals surface area contributed by atoms with Gasteiger partial charge >= 0.3 is 0 Å². The van der Waals surface area contributed by atoms with Crippen LogP contribution >= 0.6 is 11.3 Å². The Morgan fingerprint density at radius 3 is 2.79 bits per heavy atom. The van der Waals surface area contributed by atoms with Crippen molar-refractivity contribution in [3.05, 3.63) is 59.2 Å². The molecule has 0 bridgehead atoms. The molecule has 0 spiro atoms. The van der Waals surface area contributed by atoms with Crippen molar-refractivity contribution in [3.8, 4) is 5.82 Å². The molecule has 1 unspecified atom stereocenters. The van der Waals surface area contributed by atoms with Crippen LogP contribution in [-0.2, 0) is 4.79 Å². The molecule has 0 aromatic carbocycles. The first-order valence-electron chi connectivity index (χ1n) is 7.25. The van der Waals surface area contributed by atoms with Crippen LogP contribution in [0.5, 0.6) is 0 Å². The van der Waals surface area contributed by atoms with E-state index in [1.54, 1.807) is 60.5 Å². The van der Waals surface area contributed by atoms with Gasteiger partial charge in [-0.15, -0.1) is 11.3 Å². The largest absolute Gasteiger partial charge is 0.340 e. The summed E-state index contributed by atoms with van der Waals surface area (Å²) in [4.78, 5) is 29.2. The predicted molar refractivity (Wildman–Crippen MR) is 91.2 cm³/mol. The van der Waals surface area contributed by atoms with E-state index in [0.29, 0.717) is 16.4 Å². The molecule has 7 nitrogen and oxygen atoms in total. The summed E-state index contributed by atoms with van der Waals surface area (Å²) in [6.07, 6.45) is 4.98. The molecule has 0 aliphatic carbocycles. The van der Waals surface area contributed by atoms with Gasteiger partial charge in [-0.25, -0.2) is 9.67 Å². The second-order valence-corrected chi connectivity index (χ2v) is 5.93. The predicted octanol–water partition coefficient (Wildman–Crippen LogP) is 2.09. The van der Waals surface area contributed by atoms with Gasteiger partial charge < -0.3 is 10.6 Å². The Kier molecular flexibility index (Phi) is 4.66. The standard InChI is InChI=1S/C16H15N5O2S/c1-11(19-16(23)13-6-3-10-24-13)15(22)20-12-5-2-7-17-14(12)21-9-4-8-18-21/h2-11H,1H3,(H,19,23)(H,20,22). The molecule has 2 amide bonds. The van der Waals surface area contributed by atoms with Gasteiger partial charge in [-0.3, -0.25) is 9.59 Å². The summed E-state index contributed by atoms with van der Waals surface area (Å²) in [7, 11) is 0. The Balaban J connectivity index is 1.70. The number of amides is 2. The van der Waals surface area contributed by atoms with Crippen molar-refractivity contribution in [2.45, 2.75) is 13.0 Å². The third-order valence-corrected chi connectivity index (χ3v) is 4.12. The molecule has 0 fully saturated rings. The quantitative estimate of drug-likeness (QED) is 0.744. The van der Waals surface area contributed by atoms with E-state index >= 15 is 0 Å². The average Bonchev–Trinajstić information content (AvgIpc) is 3.29. The second kappa shape index (κ2) is 7.05. The monoisotopic (exact) mass is 341 g/mol. The maximum Gasteiger partial charge on any atom is 0.261 e. The minimum absolute atomic E-state index is 0.272. The maximum atomic E-state index is 12.4. The molecule has 3 heterocycles. The first kappa shape index (κ1) is 15.9. The molecule has 24 heavy (non-hydrogen) atoms. The molecule has 0 aliphatic rings. The summed E-state index contributed by atoms with van der Waals surface area (Å²) in [6.45, 7) is 1.63. The summed E-state index contributed by atoms with van der Waals surface area (Å²) >= 11 is 1.32. The molecule has 8 heteroatoms. The van der Waals surface area contributed by atoms with Crippen LogP contribution < -0.4 is 10.6 Å². The molecule has 0 radical (unpaired) electrons. The van der Waals surface area contributed by atoms with Crippen molar-refractivity contribution >= 4 is 28.8 Å². The maximum absolute atomic E-state index is 12.4. The first-order chi connectivity index (χ1) is 11.6. The SMILES string of the molecule is CC(NC(=O)c1cccs1)C(=O)Nc1cccnc1-n1cccn1. The summed E-state index contributed by atoms with van der Waals surface area (Å²) in [5.41, 5.74) is 0.517. The topological polar surface area (TPSA) is 88.9 Å². The minimum atomic E-state index is -0.690. The van der Waals surface area contributed by atoms with Gasteiger partial charge in [-0.1, -0.05) is 6.07 Å². The van der Waals surface area contributed by atoms with Crippen LogP contribution in [0.1, 0.15) is 16.6 Å². The van der Waals surface area contributed by atoms with Crippen LogP contribution in [0.3, 0.4) is 0 Å². The van der Waals surface area contributed by atoms with Gasteiger partial charge in [0.25, 0.3) is 5.91 Å². The van der Waals surface area contributed by atoms with E-state index < -0.39 is 6.04 Å². The number of nitrogens with zero attached hydrogens (tertiary/aromatic N) is 3. The third-order valence-electron chi connectivity index (χ3n) is 3.25. The number of carbonyl (C=O) groups excluding carboxylic acids is 2.